The summed E-state index contributed by atoms with van der Waals surface area (Å²) < 4.78 is 5.36. The van der Waals surface area contributed by atoms with E-state index in [1.54, 1.807) is 29.8 Å². The molecule has 1 amide bonds. The van der Waals surface area contributed by atoms with Gasteiger partial charge in [0.05, 0.1) is 23.5 Å². The Morgan fingerprint density at radius 2 is 1.94 bits per heavy atom. The minimum atomic E-state index is -0.0362. The van der Waals surface area contributed by atoms with E-state index in [9.17, 15) is 9.90 Å². The van der Waals surface area contributed by atoms with Gasteiger partial charge in [0.1, 0.15) is 16.4 Å². The molecule has 0 unspecified atom stereocenters. The summed E-state index contributed by atoms with van der Waals surface area (Å²) in [5.74, 6) is 1.20. The average molecular weight is 470 g/mol. The molecule has 4 rings (SSSR count). The van der Waals surface area contributed by atoms with Gasteiger partial charge >= 0.3 is 0 Å². The molecule has 0 bridgehead atoms. The normalized spacial score (nSPS) is 19.5. The van der Waals surface area contributed by atoms with Crippen LogP contribution in [0.25, 0.3) is 0 Å². The van der Waals surface area contributed by atoms with Crippen molar-refractivity contribution in [3.63, 3.8) is 0 Å². The lowest BCUT2D eigenvalue weighted by Gasteiger charge is -2.16. The highest BCUT2D eigenvalue weighted by atomic mass is 32.2. The smallest absolute Gasteiger partial charge is 0.269 e. The first-order valence-corrected chi connectivity index (χ1v) is 12.1. The molecule has 2 aromatic rings. The van der Waals surface area contributed by atoms with E-state index in [1.165, 1.54) is 11.8 Å². The summed E-state index contributed by atoms with van der Waals surface area (Å²) in [6.45, 7) is 8.48. The number of benzene rings is 2. The molecule has 2 aliphatic heterocycles. The van der Waals surface area contributed by atoms with E-state index < -0.39 is 0 Å². The number of hydrogen-bond acceptors (Lipinski definition) is 7. The van der Waals surface area contributed by atoms with Gasteiger partial charge in [0.25, 0.3) is 5.91 Å². The van der Waals surface area contributed by atoms with Gasteiger partial charge in [-0.1, -0.05) is 25.6 Å². The number of fused-ring (bicyclic) bond motifs is 1. The van der Waals surface area contributed by atoms with Crippen molar-refractivity contribution in [3.8, 4) is 11.5 Å². The molecule has 0 aromatic heterocycles. The van der Waals surface area contributed by atoms with E-state index >= 15 is 0 Å². The van der Waals surface area contributed by atoms with Crippen LogP contribution in [0, 0.1) is 6.92 Å². The highest BCUT2D eigenvalue weighted by molar-refractivity contribution is 8.19. The molecule has 2 aliphatic rings. The standard InChI is InChI=1S/C24H27N3O3S2/c1-7-27-22(29)21(23-26(5)18-11-15(30-6)8-9-20(18)31-23)32-24(27)25-17-12-16(13(2)3)19(28)10-14(17)4/h8-13,28H,7H2,1-6H3. The minimum Gasteiger partial charge on any atom is -0.508 e. The summed E-state index contributed by atoms with van der Waals surface area (Å²) in [7, 11) is 3.62. The molecular formula is C24H27N3O3S2. The van der Waals surface area contributed by atoms with Crippen LogP contribution >= 0.6 is 23.5 Å². The predicted molar refractivity (Wildman–Crippen MR) is 133 cm³/mol. The number of nitrogens with zero attached hydrogens (tertiary/aromatic N) is 3. The zero-order valence-corrected chi connectivity index (χ0v) is 20.7. The largest absolute Gasteiger partial charge is 0.508 e. The quantitative estimate of drug-likeness (QED) is 0.569. The van der Waals surface area contributed by atoms with Gasteiger partial charge in [-0.15, -0.1) is 0 Å². The van der Waals surface area contributed by atoms with Crippen molar-refractivity contribution in [3.05, 3.63) is 51.4 Å². The first-order valence-electron chi connectivity index (χ1n) is 10.5. The lowest BCUT2D eigenvalue weighted by molar-refractivity contribution is -0.122. The zero-order valence-electron chi connectivity index (χ0n) is 19.1. The summed E-state index contributed by atoms with van der Waals surface area (Å²) in [6, 6.07) is 9.61. The Kier molecular flexibility index (Phi) is 6.18. The molecule has 0 saturated carbocycles. The van der Waals surface area contributed by atoms with Crippen molar-refractivity contribution in [2.75, 3.05) is 25.6 Å². The van der Waals surface area contributed by atoms with Gasteiger partial charge in [-0.2, -0.15) is 0 Å². The number of rotatable bonds is 4. The Balaban J connectivity index is 1.74. The van der Waals surface area contributed by atoms with Crippen molar-refractivity contribution < 1.29 is 14.6 Å². The highest BCUT2D eigenvalue weighted by Gasteiger charge is 2.38. The van der Waals surface area contributed by atoms with Gasteiger partial charge in [0.2, 0.25) is 0 Å². The van der Waals surface area contributed by atoms with Gasteiger partial charge in [-0.25, -0.2) is 4.99 Å². The van der Waals surface area contributed by atoms with Gasteiger partial charge < -0.3 is 14.7 Å². The third-order valence-corrected chi connectivity index (χ3v) is 8.03. The summed E-state index contributed by atoms with van der Waals surface area (Å²) in [5.41, 5.74) is 3.51. The number of aliphatic imine (C=N–C) groups is 1. The number of phenols is 1. The fraction of sp³-hybridized carbons (Fsp3) is 0.333. The molecule has 6 nitrogen and oxygen atoms in total. The summed E-state index contributed by atoms with van der Waals surface area (Å²) in [4.78, 5) is 23.7. The number of carbonyl (C=O) groups excluding carboxylic acids is 1. The van der Waals surface area contributed by atoms with E-state index in [0.29, 0.717) is 16.6 Å². The van der Waals surface area contributed by atoms with Crippen molar-refractivity contribution in [1.82, 2.24) is 4.90 Å². The van der Waals surface area contributed by atoms with Gasteiger partial charge in [-0.05, 0) is 66.9 Å². The molecular weight excluding hydrogens is 442 g/mol. The number of likely N-dealkylation sites (N-methyl/N-ethyl adjacent to an activating group) is 1. The molecule has 0 aliphatic carbocycles. The van der Waals surface area contributed by atoms with E-state index in [0.717, 1.165) is 38.2 Å². The summed E-state index contributed by atoms with van der Waals surface area (Å²) in [6.07, 6.45) is 0. The molecule has 32 heavy (non-hydrogen) atoms. The molecule has 168 valence electrons. The fourth-order valence-corrected chi connectivity index (χ4v) is 6.11. The third kappa shape index (κ3) is 3.86. The Labute approximate surface area is 197 Å². The van der Waals surface area contributed by atoms with E-state index in [2.05, 4.69) is 0 Å². The fourth-order valence-electron chi connectivity index (χ4n) is 3.73. The molecule has 1 saturated heterocycles. The van der Waals surface area contributed by atoms with Gasteiger partial charge in [0.15, 0.2) is 5.17 Å². The molecule has 0 radical (unpaired) electrons. The van der Waals surface area contributed by atoms with Crippen LogP contribution in [0.1, 0.15) is 37.8 Å². The summed E-state index contributed by atoms with van der Waals surface area (Å²) in [5, 5.41) is 11.8. The van der Waals surface area contributed by atoms with Crippen LogP contribution in [-0.4, -0.2) is 41.8 Å². The highest BCUT2D eigenvalue weighted by Crippen LogP contribution is 2.51. The second kappa shape index (κ2) is 8.75. The Bertz CT molecular complexity index is 1160. The zero-order chi connectivity index (χ0) is 23.2. The molecule has 0 spiro atoms. The van der Waals surface area contributed by atoms with Crippen LogP contribution in [0.4, 0.5) is 11.4 Å². The maximum Gasteiger partial charge on any atom is 0.269 e. The van der Waals surface area contributed by atoms with Crippen LogP contribution < -0.4 is 9.64 Å². The van der Waals surface area contributed by atoms with Crippen molar-refractivity contribution in [2.45, 2.75) is 38.5 Å². The number of aryl methyl sites for hydroxylation is 1. The minimum absolute atomic E-state index is 0.0362. The number of thioether (sulfide) groups is 2. The first kappa shape index (κ1) is 22.6. The Hall–Kier alpha value is -2.58. The van der Waals surface area contributed by atoms with Crippen LogP contribution in [-0.2, 0) is 4.79 Å². The number of amidine groups is 1. The predicted octanol–water partition coefficient (Wildman–Crippen LogP) is 5.83. The van der Waals surface area contributed by atoms with Crippen molar-refractivity contribution in [1.29, 1.82) is 0 Å². The molecule has 0 atom stereocenters. The number of hydrogen-bond donors (Lipinski definition) is 1. The summed E-state index contributed by atoms with van der Waals surface area (Å²) >= 11 is 3.00. The second-order valence-corrected chi connectivity index (χ2v) is 10.0. The maximum atomic E-state index is 13.3. The van der Waals surface area contributed by atoms with Crippen LogP contribution in [0.5, 0.6) is 11.5 Å². The number of anilines is 1. The number of methoxy groups -OCH3 is 1. The number of amides is 1. The molecule has 2 heterocycles. The second-order valence-electron chi connectivity index (χ2n) is 8.03. The van der Waals surface area contributed by atoms with Gasteiger partial charge in [-0.3, -0.25) is 9.69 Å². The lowest BCUT2D eigenvalue weighted by Crippen LogP contribution is -2.29. The maximum absolute atomic E-state index is 13.3. The van der Waals surface area contributed by atoms with Crippen LogP contribution in [0.2, 0.25) is 0 Å². The third-order valence-electron chi connectivity index (χ3n) is 5.60. The van der Waals surface area contributed by atoms with E-state index in [1.807, 2.05) is 63.9 Å². The van der Waals surface area contributed by atoms with E-state index in [4.69, 9.17) is 9.73 Å². The molecule has 2 aromatic carbocycles. The number of phenolic OH excluding ortho intramolecular Hbond substituents is 1. The Morgan fingerprint density at radius 1 is 1.19 bits per heavy atom. The number of aromatic hydroxyl groups is 1. The molecule has 1 N–H and O–H groups in total. The topological polar surface area (TPSA) is 65.4 Å². The van der Waals surface area contributed by atoms with Gasteiger partial charge in [0, 0.05) is 24.6 Å². The number of ether oxygens (including phenoxy) is 1. The van der Waals surface area contributed by atoms with Crippen molar-refractivity contribution >= 4 is 46.0 Å². The number of carbonyl (C=O) groups is 1. The SMILES string of the molecule is CCN1C(=O)C(=C2Sc3ccc(OC)cc3N2C)SC1=Nc1cc(C(C)C)c(O)cc1C. The molecule has 8 heteroatoms. The van der Waals surface area contributed by atoms with Crippen LogP contribution in [0.15, 0.2) is 50.2 Å². The average Bonchev–Trinajstić information content (AvgIpc) is 3.25. The van der Waals surface area contributed by atoms with Crippen LogP contribution in [0.3, 0.4) is 0 Å². The lowest BCUT2D eigenvalue weighted by atomic mass is 9.99. The Morgan fingerprint density at radius 3 is 2.59 bits per heavy atom. The monoisotopic (exact) mass is 469 g/mol. The van der Waals surface area contributed by atoms with Crippen molar-refractivity contribution in [2.24, 2.45) is 4.99 Å². The first-order chi connectivity index (χ1) is 15.2. The van der Waals surface area contributed by atoms with E-state index in [-0.39, 0.29) is 17.6 Å². The molecule has 1 fully saturated rings.